The predicted molar refractivity (Wildman–Crippen MR) is 80.0 cm³/mol. The van der Waals surface area contributed by atoms with Crippen LogP contribution in [-0.2, 0) is 9.53 Å². The number of rotatable bonds is 7. The molecule has 0 bridgehead atoms. The fourth-order valence-electron chi connectivity index (χ4n) is 2.21. The Bertz CT molecular complexity index is 358. The summed E-state index contributed by atoms with van der Waals surface area (Å²) in [6.07, 6.45) is 10.6. The minimum atomic E-state index is -0.988. The van der Waals surface area contributed by atoms with Crippen LogP contribution in [0.2, 0.25) is 0 Å². The van der Waals surface area contributed by atoms with Crippen molar-refractivity contribution in [2.45, 2.75) is 63.5 Å². The number of amides is 1. The zero-order chi connectivity index (χ0) is 15.5. The zero-order valence-corrected chi connectivity index (χ0v) is 12.4. The summed E-state index contributed by atoms with van der Waals surface area (Å²) in [6, 6.07) is -0.822. The van der Waals surface area contributed by atoms with Gasteiger partial charge >= 0.3 is 12.1 Å². The summed E-state index contributed by atoms with van der Waals surface area (Å²) in [7, 11) is 0. The minimum absolute atomic E-state index is 0.134. The van der Waals surface area contributed by atoms with Gasteiger partial charge in [-0.2, -0.15) is 0 Å². The van der Waals surface area contributed by atoms with Gasteiger partial charge in [0.05, 0.1) is 0 Å². The largest absolute Gasteiger partial charge is 0.480 e. The fourth-order valence-corrected chi connectivity index (χ4v) is 2.21. The first-order valence-corrected chi connectivity index (χ1v) is 7.69. The predicted octanol–water partition coefficient (Wildman–Crippen LogP) is 2.18. The lowest BCUT2D eigenvalue weighted by molar-refractivity contribution is -0.138. The number of nitrogens with two attached hydrogens (primary N) is 1. The number of unbranched alkanes of at least 4 members (excludes halogenated alkanes) is 1. The molecule has 1 aliphatic rings. The summed E-state index contributed by atoms with van der Waals surface area (Å²) in [5, 5.41) is 11.3. The number of alkyl carbamates (subject to hydrolysis) is 1. The van der Waals surface area contributed by atoms with Gasteiger partial charge in [0.25, 0.3) is 0 Å². The molecule has 0 fully saturated rings. The van der Waals surface area contributed by atoms with Crippen molar-refractivity contribution in [3.8, 4) is 0 Å². The van der Waals surface area contributed by atoms with Gasteiger partial charge in [0.1, 0.15) is 12.1 Å². The second-order valence-corrected chi connectivity index (χ2v) is 5.38. The van der Waals surface area contributed by atoms with Crippen LogP contribution in [0.25, 0.3) is 0 Å². The standard InChI is InChI=1S/C15H26N2O4/c16-13(14(18)19)10-6-7-11-17-15(20)21-12-8-4-2-1-3-5-9-12/h4,8,12-13H,1-3,5-7,9-11,16H2,(H,17,20)(H,18,19)/b8-4-. The van der Waals surface area contributed by atoms with E-state index in [1.54, 1.807) is 0 Å². The number of aliphatic carboxylic acids is 1. The van der Waals surface area contributed by atoms with E-state index in [2.05, 4.69) is 11.4 Å². The fraction of sp³-hybridized carbons (Fsp3) is 0.733. The Hall–Kier alpha value is -1.56. The molecular weight excluding hydrogens is 272 g/mol. The Kier molecular flexibility index (Phi) is 8.50. The van der Waals surface area contributed by atoms with Crippen molar-refractivity contribution in [1.82, 2.24) is 5.32 Å². The van der Waals surface area contributed by atoms with Crippen molar-refractivity contribution in [1.29, 1.82) is 0 Å². The van der Waals surface area contributed by atoms with Crippen LogP contribution in [0.3, 0.4) is 0 Å². The summed E-state index contributed by atoms with van der Waals surface area (Å²) < 4.78 is 5.34. The Morgan fingerprint density at radius 2 is 2.14 bits per heavy atom. The summed E-state index contributed by atoms with van der Waals surface area (Å²) in [5.41, 5.74) is 5.39. The second-order valence-electron chi connectivity index (χ2n) is 5.38. The molecule has 1 amide bonds. The van der Waals surface area contributed by atoms with E-state index in [9.17, 15) is 9.59 Å². The van der Waals surface area contributed by atoms with Crippen LogP contribution in [-0.4, -0.2) is 35.9 Å². The lowest BCUT2D eigenvalue weighted by atomic mass is 10.0. The lowest BCUT2D eigenvalue weighted by Crippen LogP contribution is -2.31. The molecule has 6 nitrogen and oxygen atoms in total. The van der Waals surface area contributed by atoms with E-state index in [0.29, 0.717) is 25.8 Å². The number of carboxylic acids is 1. The van der Waals surface area contributed by atoms with E-state index in [-0.39, 0.29) is 6.10 Å². The van der Waals surface area contributed by atoms with Gasteiger partial charge in [0.2, 0.25) is 0 Å². The molecule has 0 aromatic carbocycles. The van der Waals surface area contributed by atoms with E-state index >= 15 is 0 Å². The van der Waals surface area contributed by atoms with Crippen LogP contribution >= 0.6 is 0 Å². The number of nitrogens with one attached hydrogen (secondary N) is 1. The number of ether oxygens (including phenoxy) is 1. The van der Waals surface area contributed by atoms with Crippen molar-refractivity contribution >= 4 is 12.1 Å². The summed E-state index contributed by atoms with van der Waals surface area (Å²) in [6.45, 7) is 0.474. The molecule has 1 rings (SSSR count). The van der Waals surface area contributed by atoms with Gasteiger partial charge in [0, 0.05) is 6.54 Å². The van der Waals surface area contributed by atoms with Crippen LogP contribution in [0.5, 0.6) is 0 Å². The first-order chi connectivity index (χ1) is 10.1. The molecule has 2 atom stereocenters. The highest BCUT2D eigenvalue weighted by atomic mass is 16.6. The monoisotopic (exact) mass is 298 g/mol. The third-order valence-corrected chi connectivity index (χ3v) is 3.50. The number of hydrogen-bond acceptors (Lipinski definition) is 4. The number of allylic oxidation sites excluding steroid dienone is 1. The zero-order valence-electron chi connectivity index (χ0n) is 12.4. The summed E-state index contributed by atoms with van der Waals surface area (Å²) >= 11 is 0. The first-order valence-electron chi connectivity index (χ1n) is 7.69. The minimum Gasteiger partial charge on any atom is -0.480 e. The van der Waals surface area contributed by atoms with Gasteiger partial charge in [0.15, 0.2) is 0 Å². The number of carboxylic acid groups (broad SMARTS) is 1. The van der Waals surface area contributed by atoms with Crippen LogP contribution < -0.4 is 11.1 Å². The molecule has 0 aromatic heterocycles. The van der Waals surface area contributed by atoms with Crippen molar-refractivity contribution in [2.24, 2.45) is 5.73 Å². The molecule has 1 aliphatic carbocycles. The number of carbonyl (C=O) groups excluding carboxylic acids is 1. The van der Waals surface area contributed by atoms with Crippen molar-refractivity contribution in [3.05, 3.63) is 12.2 Å². The molecule has 0 spiro atoms. The van der Waals surface area contributed by atoms with Crippen LogP contribution in [0.1, 0.15) is 51.4 Å². The first kappa shape index (κ1) is 17.5. The molecule has 6 heteroatoms. The maximum absolute atomic E-state index is 11.6. The van der Waals surface area contributed by atoms with E-state index in [0.717, 1.165) is 19.3 Å². The highest BCUT2D eigenvalue weighted by molar-refractivity contribution is 5.72. The van der Waals surface area contributed by atoms with Crippen LogP contribution in [0.4, 0.5) is 4.79 Å². The molecule has 4 N–H and O–H groups in total. The summed E-state index contributed by atoms with van der Waals surface area (Å²) in [5.74, 6) is -0.988. The van der Waals surface area contributed by atoms with Gasteiger partial charge in [-0.3, -0.25) is 4.79 Å². The third-order valence-electron chi connectivity index (χ3n) is 3.50. The SMILES string of the molecule is NC(CCCCNC(=O)OC1/C=C\CCCCC1)C(=O)O. The molecule has 0 heterocycles. The lowest BCUT2D eigenvalue weighted by Gasteiger charge is -2.16. The smallest absolute Gasteiger partial charge is 0.407 e. The van der Waals surface area contributed by atoms with Gasteiger partial charge < -0.3 is 20.9 Å². The third kappa shape index (κ3) is 8.34. The molecule has 0 radical (unpaired) electrons. The highest BCUT2D eigenvalue weighted by Crippen LogP contribution is 2.14. The van der Waals surface area contributed by atoms with Gasteiger partial charge in [-0.05, 0) is 51.0 Å². The molecule has 0 saturated carbocycles. The van der Waals surface area contributed by atoms with E-state index in [4.69, 9.17) is 15.6 Å². The molecule has 2 unspecified atom stereocenters. The van der Waals surface area contributed by atoms with Crippen LogP contribution in [0, 0.1) is 0 Å². The van der Waals surface area contributed by atoms with Crippen molar-refractivity contribution < 1.29 is 19.4 Å². The molecule has 0 aromatic rings. The molecule has 0 saturated heterocycles. The average molecular weight is 298 g/mol. The normalized spacial score (nSPS) is 21.7. The van der Waals surface area contributed by atoms with Gasteiger partial charge in [-0.1, -0.05) is 12.5 Å². The Balaban J connectivity index is 2.10. The maximum Gasteiger partial charge on any atom is 0.407 e. The molecule has 120 valence electrons. The van der Waals surface area contributed by atoms with Gasteiger partial charge in [-0.15, -0.1) is 0 Å². The molecule has 21 heavy (non-hydrogen) atoms. The Morgan fingerprint density at radius 1 is 1.33 bits per heavy atom. The number of carbonyl (C=O) groups is 2. The van der Waals surface area contributed by atoms with E-state index < -0.39 is 18.1 Å². The van der Waals surface area contributed by atoms with E-state index in [1.807, 2.05) is 6.08 Å². The van der Waals surface area contributed by atoms with Gasteiger partial charge in [-0.25, -0.2) is 4.79 Å². The molecular formula is C15H26N2O4. The topological polar surface area (TPSA) is 102 Å². The average Bonchev–Trinajstić information content (AvgIpc) is 2.41. The summed E-state index contributed by atoms with van der Waals surface area (Å²) in [4.78, 5) is 22.2. The van der Waals surface area contributed by atoms with Crippen LogP contribution in [0.15, 0.2) is 12.2 Å². The Labute approximate surface area is 125 Å². The maximum atomic E-state index is 11.6. The second kappa shape index (κ2) is 10.2. The quantitative estimate of drug-likeness (QED) is 0.494. The Morgan fingerprint density at radius 3 is 2.90 bits per heavy atom. The molecule has 0 aliphatic heterocycles. The van der Waals surface area contributed by atoms with E-state index in [1.165, 1.54) is 12.8 Å². The highest BCUT2D eigenvalue weighted by Gasteiger charge is 2.13. The van der Waals surface area contributed by atoms with Crippen molar-refractivity contribution in [3.63, 3.8) is 0 Å². The van der Waals surface area contributed by atoms with Crippen molar-refractivity contribution in [2.75, 3.05) is 6.54 Å². The number of hydrogen-bond donors (Lipinski definition) is 3.